The minimum atomic E-state index is -0.278. The van der Waals surface area contributed by atoms with Gasteiger partial charge in [-0.1, -0.05) is 68.7 Å². The largest absolute Gasteiger partial charge is 0.326 e. The third-order valence-corrected chi connectivity index (χ3v) is 3.97. The molecule has 0 saturated carbocycles. The summed E-state index contributed by atoms with van der Waals surface area (Å²) in [5.41, 5.74) is 2.58. The van der Waals surface area contributed by atoms with Gasteiger partial charge in [-0.25, -0.2) is 0 Å². The van der Waals surface area contributed by atoms with E-state index in [0.29, 0.717) is 5.56 Å². The molecule has 0 spiro atoms. The van der Waals surface area contributed by atoms with Gasteiger partial charge in [0, 0.05) is 11.3 Å². The van der Waals surface area contributed by atoms with Crippen LogP contribution < -0.4 is 5.32 Å². The van der Waals surface area contributed by atoms with Gasteiger partial charge in [-0.15, -0.1) is 0 Å². The minimum Gasteiger partial charge on any atom is -0.326 e. The molecule has 2 aromatic carbocycles. The third kappa shape index (κ3) is 5.99. The maximum atomic E-state index is 12.0. The Morgan fingerprint density at radius 1 is 0.875 bits per heavy atom. The highest BCUT2D eigenvalue weighted by Crippen LogP contribution is 2.13. The number of nitrogens with one attached hydrogen (secondary N) is 1. The van der Waals surface area contributed by atoms with E-state index in [1.54, 1.807) is 24.3 Å². The Morgan fingerprint density at radius 2 is 1.58 bits per heavy atom. The number of ketones is 1. The summed E-state index contributed by atoms with van der Waals surface area (Å²) in [4.78, 5) is 24.0. The van der Waals surface area contributed by atoms with Crippen LogP contribution in [-0.2, 0) is 11.2 Å². The number of benzene rings is 2. The zero-order valence-electron chi connectivity index (χ0n) is 14.3. The van der Waals surface area contributed by atoms with E-state index in [1.807, 2.05) is 30.3 Å². The lowest BCUT2D eigenvalue weighted by atomic mass is 10.1. The SMILES string of the molecule is CCCCCCc1ccc(NC(=O)CC(=O)c2ccccc2)cc1. The van der Waals surface area contributed by atoms with Gasteiger partial charge in [0.15, 0.2) is 5.78 Å². The summed E-state index contributed by atoms with van der Waals surface area (Å²) in [5, 5.41) is 2.79. The molecule has 0 aliphatic heterocycles. The maximum Gasteiger partial charge on any atom is 0.232 e. The maximum absolute atomic E-state index is 12.0. The second kappa shape index (κ2) is 9.66. The Bertz CT molecular complexity index is 647. The first-order valence-corrected chi connectivity index (χ1v) is 8.66. The van der Waals surface area contributed by atoms with Crippen molar-refractivity contribution in [1.29, 1.82) is 0 Å². The van der Waals surface area contributed by atoms with Crippen molar-refractivity contribution in [3.05, 3.63) is 65.7 Å². The molecule has 0 fully saturated rings. The van der Waals surface area contributed by atoms with Gasteiger partial charge in [0.25, 0.3) is 0 Å². The van der Waals surface area contributed by atoms with Crippen molar-refractivity contribution in [2.75, 3.05) is 5.32 Å². The molecular formula is C21H25NO2. The van der Waals surface area contributed by atoms with E-state index in [0.717, 1.165) is 12.1 Å². The van der Waals surface area contributed by atoms with Gasteiger partial charge in [0.05, 0.1) is 6.42 Å². The van der Waals surface area contributed by atoms with E-state index < -0.39 is 0 Å². The molecule has 1 amide bonds. The highest BCUT2D eigenvalue weighted by Gasteiger charge is 2.11. The van der Waals surface area contributed by atoms with Crippen LogP contribution in [0, 0.1) is 0 Å². The first kappa shape index (κ1) is 17.9. The summed E-state index contributed by atoms with van der Waals surface area (Å²) in [5.74, 6) is -0.444. The Hall–Kier alpha value is -2.42. The topological polar surface area (TPSA) is 46.2 Å². The fourth-order valence-corrected chi connectivity index (χ4v) is 2.59. The number of amides is 1. The Morgan fingerprint density at radius 3 is 2.25 bits per heavy atom. The minimum absolute atomic E-state index is 0.136. The Kier molecular flexibility index (Phi) is 7.21. The van der Waals surface area contributed by atoms with Crippen LogP contribution >= 0.6 is 0 Å². The summed E-state index contributed by atoms with van der Waals surface area (Å²) in [6, 6.07) is 16.8. The molecule has 0 unspecified atom stereocenters. The number of carbonyl (C=O) groups excluding carboxylic acids is 2. The van der Waals surface area contributed by atoms with Gasteiger partial charge in [-0.2, -0.15) is 0 Å². The summed E-state index contributed by atoms with van der Waals surface area (Å²) in [7, 11) is 0. The van der Waals surface area contributed by atoms with Crippen LogP contribution in [0.25, 0.3) is 0 Å². The number of aryl methyl sites for hydroxylation is 1. The van der Waals surface area contributed by atoms with E-state index in [-0.39, 0.29) is 18.1 Å². The highest BCUT2D eigenvalue weighted by atomic mass is 16.2. The smallest absolute Gasteiger partial charge is 0.232 e. The zero-order valence-corrected chi connectivity index (χ0v) is 14.3. The van der Waals surface area contributed by atoms with Crippen LogP contribution in [0.3, 0.4) is 0 Å². The number of rotatable bonds is 9. The fourth-order valence-electron chi connectivity index (χ4n) is 2.59. The van der Waals surface area contributed by atoms with Crippen molar-refractivity contribution < 1.29 is 9.59 Å². The predicted octanol–water partition coefficient (Wildman–Crippen LogP) is 5.02. The molecule has 0 aliphatic carbocycles. The summed E-state index contributed by atoms with van der Waals surface area (Å²) >= 11 is 0. The Balaban J connectivity index is 1.80. The average Bonchev–Trinajstić information content (AvgIpc) is 2.61. The van der Waals surface area contributed by atoms with E-state index in [2.05, 4.69) is 12.2 Å². The van der Waals surface area contributed by atoms with Gasteiger partial charge in [-0.3, -0.25) is 9.59 Å². The van der Waals surface area contributed by atoms with Crippen LogP contribution in [0.15, 0.2) is 54.6 Å². The van der Waals surface area contributed by atoms with E-state index in [1.165, 1.54) is 31.2 Å². The number of anilines is 1. The number of hydrogen-bond acceptors (Lipinski definition) is 2. The van der Waals surface area contributed by atoms with Crippen LogP contribution in [0.5, 0.6) is 0 Å². The summed E-state index contributed by atoms with van der Waals surface area (Å²) < 4.78 is 0. The molecular weight excluding hydrogens is 298 g/mol. The number of hydrogen-bond donors (Lipinski definition) is 1. The van der Waals surface area contributed by atoms with Crippen molar-refractivity contribution in [3.8, 4) is 0 Å². The quantitative estimate of drug-likeness (QED) is 0.400. The lowest BCUT2D eigenvalue weighted by Gasteiger charge is -2.07. The number of unbranched alkanes of at least 4 members (excludes halogenated alkanes) is 3. The van der Waals surface area contributed by atoms with Gasteiger partial charge >= 0.3 is 0 Å². The summed E-state index contributed by atoms with van der Waals surface area (Å²) in [6.07, 6.45) is 5.92. The number of carbonyl (C=O) groups is 2. The normalized spacial score (nSPS) is 10.4. The van der Waals surface area contributed by atoms with E-state index in [9.17, 15) is 9.59 Å². The van der Waals surface area contributed by atoms with Crippen molar-refractivity contribution in [2.24, 2.45) is 0 Å². The van der Waals surface area contributed by atoms with Gasteiger partial charge in [-0.05, 0) is 30.5 Å². The Labute approximate surface area is 144 Å². The molecule has 3 nitrogen and oxygen atoms in total. The molecule has 0 aliphatic rings. The molecule has 2 aromatic rings. The monoisotopic (exact) mass is 323 g/mol. The van der Waals surface area contributed by atoms with Crippen LogP contribution in [0.4, 0.5) is 5.69 Å². The summed E-state index contributed by atoms with van der Waals surface area (Å²) in [6.45, 7) is 2.21. The van der Waals surface area contributed by atoms with Crippen molar-refractivity contribution in [2.45, 2.75) is 45.4 Å². The fraction of sp³-hybridized carbons (Fsp3) is 0.333. The third-order valence-electron chi connectivity index (χ3n) is 3.97. The molecule has 0 bridgehead atoms. The molecule has 0 atom stereocenters. The predicted molar refractivity (Wildman–Crippen MR) is 98.3 cm³/mol. The average molecular weight is 323 g/mol. The number of Topliss-reactive ketones (excluding diaryl/α,β-unsaturated/α-hetero) is 1. The lowest BCUT2D eigenvalue weighted by Crippen LogP contribution is -2.16. The molecule has 1 N–H and O–H groups in total. The van der Waals surface area contributed by atoms with Crippen molar-refractivity contribution >= 4 is 17.4 Å². The van der Waals surface area contributed by atoms with Crippen LogP contribution in [-0.4, -0.2) is 11.7 Å². The highest BCUT2D eigenvalue weighted by molar-refractivity contribution is 6.10. The van der Waals surface area contributed by atoms with Gasteiger partial charge in [0.2, 0.25) is 5.91 Å². The van der Waals surface area contributed by atoms with Gasteiger partial charge in [0.1, 0.15) is 0 Å². The van der Waals surface area contributed by atoms with Crippen molar-refractivity contribution in [1.82, 2.24) is 0 Å². The molecule has 24 heavy (non-hydrogen) atoms. The molecule has 0 heterocycles. The molecule has 0 saturated heterocycles. The van der Waals surface area contributed by atoms with E-state index in [4.69, 9.17) is 0 Å². The lowest BCUT2D eigenvalue weighted by molar-refractivity contribution is -0.115. The molecule has 0 radical (unpaired) electrons. The molecule has 126 valence electrons. The molecule has 0 aromatic heterocycles. The first-order chi connectivity index (χ1) is 11.7. The van der Waals surface area contributed by atoms with Crippen LogP contribution in [0.1, 0.15) is 54.9 Å². The van der Waals surface area contributed by atoms with Gasteiger partial charge < -0.3 is 5.32 Å². The molecule has 3 heteroatoms. The second-order valence-corrected chi connectivity index (χ2v) is 6.02. The zero-order chi connectivity index (χ0) is 17.2. The first-order valence-electron chi connectivity index (χ1n) is 8.66. The van der Waals surface area contributed by atoms with Crippen LogP contribution in [0.2, 0.25) is 0 Å². The van der Waals surface area contributed by atoms with E-state index >= 15 is 0 Å². The standard InChI is InChI=1S/C21H25NO2/c1-2-3-4-6-9-17-12-14-19(15-13-17)22-21(24)16-20(23)18-10-7-5-8-11-18/h5,7-8,10-15H,2-4,6,9,16H2,1H3,(H,22,24). The van der Waals surface area contributed by atoms with Crippen molar-refractivity contribution in [3.63, 3.8) is 0 Å². The second-order valence-electron chi connectivity index (χ2n) is 6.02. The molecule has 2 rings (SSSR count).